The molecule has 33 heavy (non-hydrogen) atoms. The Hall–Kier alpha value is -3.61. The van der Waals surface area contributed by atoms with E-state index in [2.05, 4.69) is 5.32 Å². The summed E-state index contributed by atoms with van der Waals surface area (Å²) in [6.45, 7) is 1.97. The van der Waals surface area contributed by atoms with Crippen LogP contribution in [-0.4, -0.2) is 17.8 Å². The molecule has 4 amide bonds. The first-order chi connectivity index (χ1) is 15.8. The molecular weight excluding hydrogens is 463 g/mol. The van der Waals surface area contributed by atoms with E-state index in [1.807, 2.05) is 30.3 Å². The maximum atomic E-state index is 13.2. The van der Waals surface area contributed by atoms with Crippen molar-refractivity contribution >= 4 is 52.8 Å². The second kappa shape index (κ2) is 9.48. The fourth-order valence-corrected chi connectivity index (χ4v) is 3.72. The van der Waals surface area contributed by atoms with Gasteiger partial charge in [0.1, 0.15) is 17.9 Å². The minimum absolute atomic E-state index is 0.235. The van der Waals surface area contributed by atoms with Gasteiger partial charge < -0.3 is 4.74 Å². The first kappa shape index (κ1) is 22.6. The second-order valence-electron chi connectivity index (χ2n) is 7.30. The number of amides is 4. The molecule has 0 atom stereocenters. The number of halogens is 2. The number of rotatable bonds is 5. The van der Waals surface area contributed by atoms with Crippen LogP contribution in [0.5, 0.6) is 5.75 Å². The third-order valence-corrected chi connectivity index (χ3v) is 5.74. The van der Waals surface area contributed by atoms with Gasteiger partial charge in [0.25, 0.3) is 11.8 Å². The van der Waals surface area contributed by atoms with E-state index >= 15 is 0 Å². The van der Waals surface area contributed by atoms with Gasteiger partial charge in [-0.25, -0.2) is 9.69 Å². The van der Waals surface area contributed by atoms with Gasteiger partial charge >= 0.3 is 6.03 Å². The quantitative estimate of drug-likeness (QED) is 0.383. The summed E-state index contributed by atoms with van der Waals surface area (Å²) < 4.78 is 5.91. The van der Waals surface area contributed by atoms with Crippen LogP contribution in [0.4, 0.5) is 10.5 Å². The van der Waals surface area contributed by atoms with Crippen LogP contribution >= 0.6 is 23.2 Å². The number of ether oxygens (including phenoxy) is 1. The van der Waals surface area contributed by atoms with Gasteiger partial charge in [-0.1, -0.05) is 59.6 Å². The molecular formula is C25H18Cl2N2O4. The molecule has 8 heteroatoms. The summed E-state index contributed by atoms with van der Waals surface area (Å²) in [5, 5.41) is 3.00. The number of barbiturate groups is 1. The van der Waals surface area contributed by atoms with Crippen molar-refractivity contribution < 1.29 is 19.1 Å². The van der Waals surface area contributed by atoms with Gasteiger partial charge in [0, 0.05) is 15.6 Å². The van der Waals surface area contributed by atoms with E-state index < -0.39 is 17.8 Å². The van der Waals surface area contributed by atoms with Crippen molar-refractivity contribution in [1.29, 1.82) is 0 Å². The highest BCUT2D eigenvalue weighted by Crippen LogP contribution is 2.31. The van der Waals surface area contributed by atoms with Crippen molar-refractivity contribution in [2.24, 2.45) is 0 Å². The maximum absolute atomic E-state index is 13.2. The Bertz CT molecular complexity index is 1290. The van der Waals surface area contributed by atoms with Crippen molar-refractivity contribution in [2.45, 2.75) is 13.5 Å². The lowest BCUT2D eigenvalue weighted by Crippen LogP contribution is -2.54. The van der Waals surface area contributed by atoms with Crippen LogP contribution in [0.3, 0.4) is 0 Å². The molecule has 1 heterocycles. The second-order valence-corrected chi connectivity index (χ2v) is 8.14. The van der Waals surface area contributed by atoms with Crippen molar-refractivity contribution in [2.75, 3.05) is 4.90 Å². The standard InChI is InChI=1S/C25H18Cl2N2O4/c1-15-20(27)8-5-9-21(15)29-24(31)19(23(30)28-25(29)32)13-17-12-18(26)10-11-22(17)33-14-16-6-3-2-4-7-16/h2-13H,14H2,1H3,(H,28,30,32)/b19-13+. The molecule has 0 radical (unpaired) electrons. The van der Waals surface area contributed by atoms with Gasteiger partial charge in [-0.2, -0.15) is 0 Å². The van der Waals surface area contributed by atoms with E-state index in [0.717, 1.165) is 10.5 Å². The van der Waals surface area contributed by atoms with E-state index in [-0.39, 0.29) is 17.9 Å². The summed E-state index contributed by atoms with van der Waals surface area (Å²) in [7, 11) is 0. The average Bonchev–Trinajstić information content (AvgIpc) is 2.79. The van der Waals surface area contributed by atoms with Crippen molar-refractivity contribution in [3.63, 3.8) is 0 Å². The number of nitrogens with zero attached hydrogens (tertiary/aromatic N) is 1. The number of nitrogens with one attached hydrogen (secondary N) is 1. The normalized spacial score (nSPS) is 15.1. The number of hydrogen-bond acceptors (Lipinski definition) is 4. The molecule has 1 saturated heterocycles. The highest BCUT2D eigenvalue weighted by molar-refractivity contribution is 6.40. The number of anilines is 1. The molecule has 1 fully saturated rings. The molecule has 0 aromatic heterocycles. The van der Waals surface area contributed by atoms with Crippen molar-refractivity contribution in [1.82, 2.24) is 5.32 Å². The number of carbonyl (C=O) groups is 3. The zero-order valence-electron chi connectivity index (χ0n) is 17.5. The molecule has 6 nitrogen and oxygen atoms in total. The number of carbonyl (C=O) groups excluding carboxylic acids is 3. The SMILES string of the molecule is Cc1c(Cl)cccc1N1C(=O)NC(=O)/C(=C\c2cc(Cl)ccc2OCc2ccccc2)C1=O. The largest absolute Gasteiger partial charge is 0.488 e. The van der Waals surface area contributed by atoms with E-state index in [1.165, 1.54) is 6.08 Å². The summed E-state index contributed by atoms with van der Waals surface area (Å²) in [4.78, 5) is 39.2. The van der Waals surface area contributed by atoms with Crippen LogP contribution < -0.4 is 15.0 Å². The van der Waals surface area contributed by atoms with E-state index in [0.29, 0.717) is 26.9 Å². The van der Waals surface area contributed by atoms with Crippen LogP contribution in [0.2, 0.25) is 10.0 Å². The summed E-state index contributed by atoms with van der Waals surface area (Å²) >= 11 is 12.3. The predicted octanol–water partition coefficient (Wildman–Crippen LogP) is 5.55. The summed E-state index contributed by atoms with van der Waals surface area (Å²) in [5.41, 5.74) is 1.96. The van der Waals surface area contributed by atoms with Crippen molar-refractivity contribution in [3.05, 3.63) is 99.0 Å². The van der Waals surface area contributed by atoms with Gasteiger partial charge in [-0.3, -0.25) is 14.9 Å². The highest BCUT2D eigenvalue weighted by atomic mass is 35.5. The Morgan fingerprint density at radius 2 is 1.73 bits per heavy atom. The molecule has 3 aromatic rings. The van der Waals surface area contributed by atoms with Crippen LogP contribution in [0.1, 0.15) is 16.7 Å². The lowest BCUT2D eigenvalue weighted by atomic mass is 10.0. The van der Waals surface area contributed by atoms with Crippen LogP contribution in [0, 0.1) is 6.92 Å². The molecule has 1 aliphatic rings. The Balaban J connectivity index is 1.71. The Labute approximate surface area is 200 Å². The highest BCUT2D eigenvalue weighted by Gasteiger charge is 2.37. The lowest BCUT2D eigenvalue weighted by Gasteiger charge is -2.27. The molecule has 1 aliphatic heterocycles. The smallest absolute Gasteiger partial charge is 0.335 e. The maximum Gasteiger partial charge on any atom is 0.335 e. The third-order valence-electron chi connectivity index (χ3n) is 5.09. The van der Waals surface area contributed by atoms with E-state index in [9.17, 15) is 14.4 Å². The Kier molecular flexibility index (Phi) is 6.49. The first-order valence-electron chi connectivity index (χ1n) is 9.98. The van der Waals surface area contributed by atoms with Gasteiger partial charge in [0.2, 0.25) is 0 Å². The average molecular weight is 481 g/mol. The number of hydrogen-bond donors (Lipinski definition) is 1. The van der Waals surface area contributed by atoms with Crippen molar-refractivity contribution in [3.8, 4) is 5.75 Å². The first-order valence-corrected chi connectivity index (χ1v) is 10.7. The lowest BCUT2D eigenvalue weighted by molar-refractivity contribution is -0.122. The predicted molar refractivity (Wildman–Crippen MR) is 127 cm³/mol. The fraction of sp³-hybridized carbons (Fsp3) is 0.0800. The van der Waals surface area contributed by atoms with Crippen LogP contribution in [0.25, 0.3) is 6.08 Å². The Morgan fingerprint density at radius 1 is 0.970 bits per heavy atom. The molecule has 4 rings (SSSR count). The summed E-state index contributed by atoms with van der Waals surface area (Å²) in [6, 6.07) is 18.4. The fourth-order valence-electron chi connectivity index (χ4n) is 3.37. The van der Waals surface area contributed by atoms with Crippen LogP contribution in [-0.2, 0) is 16.2 Å². The number of urea groups is 1. The van der Waals surface area contributed by atoms with Gasteiger partial charge in [-0.15, -0.1) is 0 Å². The van der Waals surface area contributed by atoms with Gasteiger partial charge in [-0.05, 0) is 54.5 Å². The Morgan fingerprint density at radius 3 is 2.48 bits per heavy atom. The minimum Gasteiger partial charge on any atom is -0.488 e. The molecule has 0 spiro atoms. The zero-order valence-corrected chi connectivity index (χ0v) is 19.0. The molecule has 166 valence electrons. The molecule has 0 aliphatic carbocycles. The summed E-state index contributed by atoms with van der Waals surface area (Å²) in [5.74, 6) is -1.16. The van der Waals surface area contributed by atoms with Gasteiger partial charge in [0.05, 0.1) is 5.69 Å². The summed E-state index contributed by atoms with van der Waals surface area (Å²) in [6.07, 6.45) is 1.36. The topological polar surface area (TPSA) is 75.7 Å². The molecule has 0 unspecified atom stereocenters. The molecule has 0 saturated carbocycles. The molecule has 0 bridgehead atoms. The third kappa shape index (κ3) is 4.77. The monoisotopic (exact) mass is 480 g/mol. The molecule has 1 N–H and O–H groups in total. The number of benzene rings is 3. The molecule has 3 aromatic carbocycles. The van der Waals surface area contributed by atoms with E-state index in [1.54, 1.807) is 43.3 Å². The van der Waals surface area contributed by atoms with Gasteiger partial charge in [0.15, 0.2) is 0 Å². The van der Waals surface area contributed by atoms with Crippen LogP contribution in [0.15, 0.2) is 72.3 Å². The van der Waals surface area contributed by atoms with E-state index in [4.69, 9.17) is 27.9 Å². The minimum atomic E-state index is -0.848. The zero-order chi connectivity index (χ0) is 23.5. The number of imide groups is 2.